The number of halogens is 1. The third kappa shape index (κ3) is 2.23. The summed E-state index contributed by atoms with van der Waals surface area (Å²) in [6.45, 7) is 0. The molecule has 1 aromatic rings. The van der Waals surface area contributed by atoms with E-state index in [0.29, 0.717) is 0 Å². The maximum atomic E-state index is 13.9. The fourth-order valence-corrected chi connectivity index (χ4v) is 2.31. The van der Waals surface area contributed by atoms with Gasteiger partial charge in [0.15, 0.2) is 11.6 Å². The minimum atomic E-state index is -1.26. The van der Waals surface area contributed by atoms with Crippen LogP contribution in [0.4, 0.5) is 10.2 Å². The number of carboxylic acids is 1. The molecule has 5 heteroatoms. The van der Waals surface area contributed by atoms with Gasteiger partial charge in [0, 0.05) is 19.3 Å². The number of pyridine rings is 1. The van der Waals surface area contributed by atoms with Gasteiger partial charge in [-0.05, 0) is 18.9 Å². The third-order valence-electron chi connectivity index (χ3n) is 3.31. The lowest BCUT2D eigenvalue weighted by molar-refractivity contribution is 0.0691. The topological polar surface area (TPSA) is 53.4 Å². The molecule has 4 nitrogen and oxygen atoms in total. The molecular formula is C12H15FN2O2. The quantitative estimate of drug-likeness (QED) is 0.877. The van der Waals surface area contributed by atoms with E-state index in [9.17, 15) is 9.18 Å². The highest BCUT2D eigenvalue weighted by Crippen LogP contribution is 2.28. The molecule has 0 aliphatic heterocycles. The average Bonchev–Trinajstić information content (AvgIpc) is 2.81. The minimum Gasteiger partial charge on any atom is -0.478 e. The summed E-state index contributed by atoms with van der Waals surface area (Å²) in [5.41, 5.74) is -0.320. The molecule has 0 bridgehead atoms. The van der Waals surface area contributed by atoms with E-state index in [1.807, 2.05) is 0 Å². The van der Waals surface area contributed by atoms with E-state index in [2.05, 4.69) is 4.98 Å². The Balaban J connectivity index is 2.31. The van der Waals surface area contributed by atoms with E-state index >= 15 is 0 Å². The number of aromatic nitrogens is 1. The van der Waals surface area contributed by atoms with Crippen molar-refractivity contribution >= 4 is 11.8 Å². The zero-order valence-corrected chi connectivity index (χ0v) is 9.69. The lowest BCUT2D eigenvalue weighted by atomic mass is 10.2. The van der Waals surface area contributed by atoms with Gasteiger partial charge in [-0.25, -0.2) is 14.2 Å². The minimum absolute atomic E-state index is 0.136. The number of nitrogens with zero attached hydrogens (tertiary/aromatic N) is 2. The summed E-state index contributed by atoms with van der Waals surface area (Å²) in [4.78, 5) is 16.5. The van der Waals surface area contributed by atoms with E-state index in [0.717, 1.165) is 25.7 Å². The molecule has 0 radical (unpaired) electrons. The van der Waals surface area contributed by atoms with Crippen LogP contribution in [-0.4, -0.2) is 29.1 Å². The zero-order chi connectivity index (χ0) is 12.4. The largest absolute Gasteiger partial charge is 0.478 e. The van der Waals surface area contributed by atoms with Crippen molar-refractivity contribution in [3.05, 3.63) is 23.6 Å². The molecule has 1 fully saturated rings. The molecule has 2 rings (SSSR count). The molecular weight excluding hydrogens is 223 g/mol. The number of rotatable bonds is 3. The number of carboxylic acid groups (broad SMARTS) is 1. The van der Waals surface area contributed by atoms with Crippen molar-refractivity contribution in [3.8, 4) is 0 Å². The first kappa shape index (κ1) is 11.8. The van der Waals surface area contributed by atoms with Gasteiger partial charge in [0.05, 0.1) is 0 Å². The number of hydrogen-bond donors (Lipinski definition) is 1. The van der Waals surface area contributed by atoms with Crippen molar-refractivity contribution in [1.29, 1.82) is 0 Å². The zero-order valence-electron chi connectivity index (χ0n) is 9.69. The van der Waals surface area contributed by atoms with Crippen LogP contribution in [0.1, 0.15) is 36.0 Å². The molecule has 1 aliphatic rings. The molecule has 92 valence electrons. The first-order valence-corrected chi connectivity index (χ1v) is 5.72. The Morgan fingerprint density at radius 1 is 1.53 bits per heavy atom. The number of aromatic carboxylic acids is 1. The second-order valence-corrected chi connectivity index (χ2v) is 4.35. The first-order chi connectivity index (χ1) is 8.11. The SMILES string of the molecule is CN(c1nccc(C(=O)O)c1F)C1CCCC1. The summed E-state index contributed by atoms with van der Waals surface area (Å²) in [6.07, 6.45) is 5.63. The van der Waals surface area contributed by atoms with Gasteiger partial charge < -0.3 is 10.0 Å². The molecule has 17 heavy (non-hydrogen) atoms. The molecule has 0 spiro atoms. The van der Waals surface area contributed by atoms with Crippen LogP contribution in [0, 0.1) is 5.82 Å². The van der Waals surface area contributed by atoms with E-state index < -0.39 is 11.8 Å². The Morgan fingerprint density at radius 3 is 2.76 bits per heavy atom. The van der Waals surface area contributed by atoms with Gasteiger partial charge in [-0.1, -0.05) is 12.8 Å². The highest BCUT2D eigenvalue weighted by molar-refractivity contribution is 5.88. The average molecular weight is 238 g/mol. The molecule has 0 amide bonds. The van der Waals surface area contributed by atoms with E-state index in [-0.39, 0.29) is 17.4 Å². The summed E-state index contributed by atoms with van der Waals surface area (Å²) in [6, 6.07) is 1.45. The molecule has 0 saturated heterocycles. The van der Waals surface area contributed by atoms with E-state index in [4.69, 9.17) is 5.11 Å². The third-order valence-corrected chi connectivity index (χ3v) is 3.31. The smallest absolute Gasteiger partial charge is 0.338 e. The van der Waals surface area contributed by atoms with Crippen LogP contribution < -0.4 is 4.90 Å². The number of hydrogen-bond acceptors (Lipinski definition) is 3. The van der Waals surface area contributed by atoms with Gasteiger partial charge in [-0.15, -0.1) is 0 Å². The first-order valence-electron chi connectivity index (χ1n) is 5.72. The maximum Gasteiger partial charge on any atom is 0.338 e. The lowest BCUT2D eigenvalue weighted by Gasteiger charge is -2.25. The molecule has 1 aliphatic carbocycles. The van der Waals surface area contributed by atoms with Crippen molar-refractivity contribution in [1.82, 2.24) is 4.98 Å². The normalized spacial score (nSPS) is 16.1. The van der Waals surface area contributed by atoms with Crippen LogP contribution in [0.25, 0.3) is 0 Å². The van der Waals surface area contributed by atoms with Crippen LogP contribution in [0.15, 0.2) is 12.3 Å². The van der Waals surface area contributed by atoms with Gasteiger partial charge >= 0.3 is 5.97 Å². The van der Waals surface area contributed by atoms with Gasteiger partial charge in [-0.2, -0.15) is 0 Å². The van der Waals surface area contributed by atoms with Crippen LogP contribution >= 0.6 is 0 Å². The second kappa shape index (κ2) is 4.69. The second-order valence-electron chi connectivity index (χ2n) is 4.35. The van der Waals surface area contributed by atoms with Gasteiger partial charge in [0.2, 0.25) is 0 Å². The maximum absolute atomic E-state index is 13.9. The van der Waals surface area contributed by atoms with Gasteiger partial charge in [0.1, 0.15) is 5.56 Å². The Labute approximate surface area is 99.1 Å². The Morgan fingerprint density at radius 2 is 2.18 bits per heavy atom. The van der Waals surface area contributed by atoms with Crippen LogP contribution in [-0.2, 0) is 0 Å². The van der Waals surface area contributed by atoms with Gasteiger partial charge in [0.25, 0.3) is 0 Å². The van der Waals surface area contributed by atoms with Crippen LogP contribution in [0.5, 0.6) is 0 Å². The molecule has 1 saturated carbocycles. The van der Waals surface area contributed by atoms with E-state index in [1.54, 1.807) is 11.9 Å². The van der Waals surface area contributed by atoms with Crippen molar-refractivity contribution in [2.45, 2.75) is 31.7 Å². The van der Waals surface area contributed by atoms with Gasteiger partial charge in [-0.3, -0.25) is 0 Å². The Kier molecular flexibility index (Phi) is 3.26. The van der Waals surface area contributed by atoms with Crippen molar-refractivity contribution in [2.75, 3.05) is 11.9 Å². The van der Waals surface area contributed by atoms with Crippen molar-refractivity contribution < 1.29 is 14.3 Å². The van der Waals surface area contributed by atoms with Crippen molar-refractivity contribution in [2.24, 2.45) is 0 Å². The number of anilines is 1. The molecule has 1 heterocycles. The number of carbonyl (C=O) groups is 1. The molecule has 1 aromatic heterocycles. The standard InChI is InChI=1S/C12H15FN2O2/c1-15(8-4-2-3-5-8)11-10(13)9(12(16)17)6-7-14-11/h6-8H,2-5H2,1H3,(H,16,17). The lowest BCUT2D eigenvalue weighted by Crippen LogP contribution is -2.30. The molecule has 0 atom stereocenters. The fraction of sp³-hybridized carbons (Fsp3) is 0.500. The molecule has 1 N–H and O–H groups in total. The molecule has 0 aromatic carbocycles. The van der Waals surface area contributed by atoms with E-state index in [1.165, 1.54) is 12.3 Å². The summed E-state index contributed by atoms with van der Waals surface area (Å²) < 4.78 is 13.9. The summed E-state index contributed by atoms with van der Waals surface area (Å²) >= 11 is 0. The summed E-state index contributed by atoms with van der Waals surface area (Å²) in [7, 11) is 1.77. The summed E-state index contributed by atoms with van der Waals surface area (Å²) in [5, 5.41) is 8.85. The molecule has 0 unspecified atom stereocenters. The summed E-state index contributed by atoms with van der Waals surface area (Å²) in [5.74, 6) is -1.86. The van der Waals surface area contributed by atoms with Crippen molar-refractivity contribution in [3.63, 3.8) is 0 Å². The monoisotopic (exact) mass is 238 g/mol. The van der Waals surface area contributed by atoms with Crippen LogP contribution in [0.3, 0.4) is 0 Å². The Bertz CT molecular complexity index is 431. The predicted molar refractivity (Wildman–Crippen MR) is 61.8 cm³/mol. The highest BCUT2D eigenvalue weighted by atomic mass is 19.1. The Hall–Kier alpha value is -1.65. The van der Waals surface area contributed by atoms with Crippen LogP contribution in [0.2, 0.25) is 0 Å². The highest BCUT2D eigenvalue weighted by Gasteiger charge is 2.25. The fourth-order valence-electron chi connectivity index (χ4n) is 2.31. The predicted octanol–water partition coefficient (Wildman–Crippen LogP) is 2.30.